The first-order valence-corrected chi connectivity index (χ1v) is 8.16. The Kier molecular flexibility index (Phi) is 7.53. The molecule has 0 aromatic carbocycles. The first-order chi connectivity index (χ1) is 8.52. The summed E-state index contributed by atoms with van der Waals surface area (Å²) in [6.07, 6.45) is 7.99. The third kappa shape index (κ3) is 6.92. The number of hydrogen-bond acceptors (Lipinski definition) is 4. The molecule has 2 saturated heterocycles. The monoisotopic (exact) mass is 289 g/mol. The second-order valence-electron chi connectivity index (χ2n) is 5.40. The van der Waals surface area contributed by atoms with Crippen molar-refractivity contribution in [3.63, 3.8) is 0 Å². The lowest BCUT2D eigenvalue weighted by molar-refractivity contribution is 0.277. The molecule has 5 heteroatoms. The molecule has 2 heterocycles. The molecule has 3 N–H and O–H groups in total. The maximum absolute atomic E-state index is 5.46. The Labute approximate surface area is 121 Å². The van der Waals surface area contributed by atoms with Crippen LogP contribution in [0.15, 0.2) is 0 Å². The van der Waals surface area contributed by atoms with Gasteiger partial charge in [0.2, 0.25) is 0 Å². The third-order valence-corrected chi connectivity index (χ3v) is 4.74. The molecule has 0 aromatic rings. The van der Waals surface area contributed by atoms with Crippen LogP contribution in [0.2, 0.25) is 0 Å². The molecule has 1 unspecified atom stereocenters. The van der Waals surface area contributed by atoms with Crippen LogP contribution in [0.1, 0.15) is 45.4 Å². The van der Waals surface area contributed by atoms with Crippen LogP contribution in [-0.2, 0) is 0 Å². The number of likely N-dealkylation sites (tertiary alicyclic amines) is 1. The Hall–Kier alpha value is 0.160. The van der Waals surface area contributed by atoms with Crippen LogP contribution in [0.5, 0.6) is 0 Å². The highest BCUT2D eigenvalue weighted by Crippen LogP contribution is 2.30. The lowest BCUT2D eigenvalue weighted by atomic mass is 10.1. The maximum Gasteiger partial charge on any atom is 0.132 e. The van der Waals surface area contributed by atoms with Gasteiger partial charge in [-0.05, 0) is 65.7 Å². The van der Waals surface area contributed by atoms with Crippen LogP contribution in [0.3, 0.4) is 0 Å². The Balaban J connectivity index is 0.000000199. The van der Waals surface area contributed by atoms with Gasteiger partial charge in [0.05, 0.1) is 4.87 Å². The van der Waals surface area contributed by atoms with Crippen LogP contribution in [0.4, 0.5) is 0 Å². The SMILES string of the molecule is CC1(SC(N)=S)CCCCN1.CN1CCCCC1. The highest BCUT2D eigenvalue weighted by molar-refractivity contribution is 8.23. The minimum absolute atomic E-state index is 0.101. The summed E-state index contributed by atoms with van der Waals surface area (Å²) < 4.78 is 0.543. The molecule has 1 atom stereocenters. The molecule has 106 valence electrons. The van der Waals surface area contributed by atoms with Gasteiger partial charge >= 0.3 is 0 Å². The van der Waals surface area contributed by atoms with E-state index in [1.165, 1.54) is 45.2 Å². The normalized spacial score (nSPS) is 29.2. The third-order valence-electron chi connectivity index (χ3n) is 3.49. The number of thioether (sulfide) groups is 1. The van der Waals surface area contributed by atoms with Crippen molar-refractivity contribution in [2.45, 2.75) is 50.3 Å². The van der Waals surface area contributed by atoms with Gasteiger partial charge in [0, 0.05) is 0 Å². The molecule has 0 aliphatic carbocycles. The Bertz CT molecular complexity index is 247. The summed E-state index contributed by atoms with van der Waals surface area (Å²) in [6, 6.07) is 0. The topological polar surface area (TPSA) is 41.3 Å². The molecule has 0 bridgehead atoms. The van der Waals surface area contributed by atoms with Gasteiger partial charge in [-0.2, -0.15) is 0 Å². The summed E-state index contributed by atoms with van der Waals surface area (Å²) in [5, 5.41) is 3.42. The van der Waals surface area contributed by atoms with Gasteiger partial charge in [0.1, 0.15) is 4.32 Å². The van der Waals surface area contributed by atoms with E-state index in [1.54, 1.807) is 11.8 Å². The molecule has 0 amide bonds. The largest absolute Gasteiger partial charge is 0.385 e. The fourth-order valence-electron chi connectivity index (χ4n) is 2.39. The van der Waals surface area contributed by atoms with Crippen molar-refractivity contribution < 1.29 is 0 Å². The van der Waals surface area contributed by atoms with E-state index >= 15 is 0 Å². The lowest BCUT2D eigenvalue weighted by Crippen LogP contribution is -2.44. The smallest absolute Gasteiger partial charge is 0.132 e. The predicted molar refractivity (Wildman–Crippen MR) is 86.0 cm³/mol. The average molecular weight is 290 g/mol. The number of nitrogens with zero attached hydrogens (tertiary/aromatic N) is 1. The number of rotatable bonds is 1. The van der Waals surface area contributed by atoms with E-state index in [-0.39, 0.29) is 4.87 Å². The van der Waals surface area contributed by atoms with Gasteiger partial charge in [-0.15, -0.1) is 0 Å². The Morgan fingerprint density at radius 1 is 1.22 bits per heavy atom. The number of hydrogen-bond donors (Lipinski definition) is 2. The van der Waals surface area contributed by atoms with Gasteiger partial charge in [-0.25, -0.2) is 0 Å². The van der Waals surface area contributed by atoms with E-state index < -0.39 is 0 Å². The molecule has 2 aliphatic heterocycles. The fraction of sp³-hybridized carbons (Fsp3) is 0.923. The molecule has 18 heavy (non-hydrogen) atoms. The molecule has 2 rings (SSSR count). The van der Waals surface area contributed by atoms with E-state index in [9.17, 15) is 0 Å². The number of thiocarbonyl (C=S) groups is 1. The lowest BCUT2D eigenvalue weighted by Gasteiger charge is -2.33. The van der Waals surface area contributed by atoms with Crippen LogP contribution in [0.25, 0.3) is 0 Å². The zero-order valence-electron chi connectivity index (χ0n) is 11.7. The van der Waals surface area contributed by atoms with Gasteiger partial charge in [-0.3, -0.25) is 0 Å². The molecule has 0 saturated carbocycles. The number of piperidine rings is 2. The standard InChI is InChI=1S/C7H14N2S2.C6H13N/c1-7(11-6(8)10)4-2-3-5-9-7;1-7-5-3-2-4-6-7/h9H,2-5H2,1H3,(H2,8,10);2-6H2,1H3. The van der Waals surface area contributed by atoms with Crippen molar-refractivity contribution in [2.24, 2.45) is 5.73 Å². The van der Waals surface area contributed by atoms with Crippen molar-refractivity contribution >= 4 is 28.3 Å². The van der Waals surface area contributed by atoms with E-state index in [0.717, 1.165) is 13.0 Å². The van der Waals surface area contributed by atoms with Crippen molar-refractivity contribution in [2.75, 3.05) is 26.7 Å². The van der Waals surface area contributed by atoms with Crippen LogP contribution >= 0.6 is 24.0 Å². The van der Waals surface area contributed by atoms with E-state index in [1.807, 2.05) is 0 Å². The quantitative estimate of drug-likeness (QED) is 0.726. The predicted octanol–water partition coefficient (Wildman–Crippen LogP) is 2.56. The molecule has 2 aliphatic rings. The van der Waals surface area contributed by atoms with Crippen molar-refractivity contribution in [1.29, 1.82) is 0 Å². The van der Waals surface area contributed by atoms with E-state index in [4.69, 9.17) is 18.0 Å². The maximum atomic E-state index is 5.46. The molecule has 0 radical (unpaired) electrons. The minimum atomic E-state index is 0.101. The summed E-state index contributed by atoms with van der Waals surface area (Å²) >= 11 is 6.42. The first kappa shape index (κ1) is 16.2. The second-order valence-corrected chi connectivity index (χ2v) is 7.64. The molecular formula is C13H27N3S2. The van der Waals surface area contributed by atoms with Crippen LogP contribution in [-0.4, -0.2) is 40.8 Å². The van der Waals surface area contributed by atoms with E-state index in [0.29, 0.717) is 4.32 Å². The highest BCUT2D eigenvalue weighted by Gasteiger charge is 2.27. The molecule has 2 fully saturated rings. The molecule has 0 spiro atoms. The van der Waals surface area contributed by atoms with Crippen LogP contribution in [0, 0.1) is 0 Å². The second kappa shape index (κ2) is 8.35. The minimum Gasteiger partial charge on any atom is -0.385 e. The first-order valence-electron chi connectivity index (χ1n) is 6.94. The summed E-state index contributed by atoms with van der Waals surface area (Å²) in [5.74, 6) is 0. The summed E-state index contributed by atoms with van der Waals surface area (Å²) in [4.78, 5) is 2.49. The Morgan fingerprint density at radius 3 is 2.28 bits per heavy atom. The van der Waals surface area contributed by atoms with Gasteiger partial charge < -0.3 is 16.0 Å². The van der Waals surface area contributed by atoms with Crippen LogP contribution < -0.4 is 11.1 Å². The van der Waals surface area contributed by atoms with Crippen molar-refractivity contribution in [3.05, 3.63) is 0 Å². The average Bonchev–Trinajstić information content (AvgIpc) is 2.30. The summed E-state index contributed by atoms with van der Waals surface area (Å²) in [5.41, 5.74) is 5.46. The number of nitrogens with one attached hydrogen (secondary N) is 1. The summed E-state index contributed by atoms with van der Waals surface area (Å²) in [7, 11) is 2.19. The molecule has 3 nitrogen and oxygen atoms in total. The van der Waals surface area contributed by atoms with Gasteiger partial charge in [-0.1, -0.05) is 30.4 Å². The van der Waals surface area contributed by atoms with Crippen molar-refractivity contribution in [1.82, 2.24) is 10.2 Å². The molecule has 0 aromatic heterocycles. The fourth-order valence-corrected chi connectivity index (χ4v) is 3.81. The zero-order valence-corrected chi connectivity index (χ0v) is 13.3. The molecular weight excluding hydrogens is 262 g/mol. The van der Waals surface area contributed by atoms with Crippen molar-refractivity contribution in [3.8, 4) is 0 Å². The zero-order chi connectivity index (χ0) is 13.4. The highest BCUT2D eigenvalue weighted by atomic mass is 32.2. The van der Waals surface area contributed by atoms with Gasteiger partial charge in [0.25, 0.3) is 0 Å². The van der Waals surface area contributed by atoms with E-state index in [2.05, 4.69) is 24.2 Å². The number of nitrogens with two attached hydrogens (primary N) is 1. The van der Waals surface area contributed by atoms with Gasteiger partial charge in [0.15, 0.2) is 0 Å². The Morgan fingerprint density at radius 2 is 1.89 bits per heavy atom. The summed E-state index contributed by atoms with van der Waals surface area (Å²) in [6.45, 7) is 5.89.